The van der Waals surface area contributed by atoms with Crippen LogP contribution in [0.5, 0.6) is 5.75 Å². The van der Waals surface area contributed by atoms with Crippen LogP contribution < -0.4 is 10.1 Å². The topological polar surface area (TPSA) is 61.4 Å². The van der Waals surface area contributed by atoms with Crippen LogP contribution in [0.2, 0.25) is 0 Å². The second kappa shape index (κ2) is 5.62. The van der Waals surface area contributed by atoms with Crippen LogP contribution in [0.3, 0.4) is 0 Å². The molecule has 1 aliphatic heterocycles. The zero-order valence-corrected chi connectivity index (χ0v) is 12.9. The molecule has 0 saturated heterocycles. The van der Waals surface area contributed by atoms with Gasteiger partial charge in [-0.3, -0.25) is 4.79 Å². The number of hydrogen-bond donors (Lipinski definition) is 1. The fourth-order valence-electron chi connectivity index (χ4n) is 2.29. The minimum atomic E-state index is -1.12. The first-order valence-electron chi connectivity index (χ1n) is 6.70. The van der Waals surface area contributed by atoms with Crippen LogP contribution in [0.25, 0.3) is 11.1 Å². The highest BCUT2D eigenvalue weighted by molar-refractivity contribution is 7.90. The summed E-state index contributed by atoms with van der Waals surface area (Å²) in [6.45, 7) is 1.56. The van der Waals surface area contributed by atoms with Gasteiger partial charge < -0.3 is 14.6 Å². The predicted octanol–water partition coefficient (Wildman–Crippen LogP) is 2.95. The van der Waals surface area contributed by atoms with Gasteiger partial charge in [0.25, 0.3) is 5.91 Å². The van der Waals surface area contributed by atoms with Gasteiger partial charge in [0.2, 0.25) is 0 Å². The van der Waals surface area contributed by atoms with Gasteiger partial charge in [0, 0.05) is 6.07 Å². The van der Waals surface area contributed by atoms with E-state index in [0.29, 0.717) is 16.1 Å². The second-order valence-electron chi connectivity index (χ2n) is 5.07. The van der Waals surface area contributed by atoms with Crippen molar-refractivity contribution in [1.29, 1.82) is 0 Å². The van der Waals surface area contributed by atoms with Crippen LogP contribution in [0.15, 0.2) is 41.3 Å². The molecule has 0 aromatic heterocycles. The largest absolute Gasteiger partial charge is 0.612 e. The van der Waals surface area contributed by atoms with Crippen molar-refractivity contribution in [2.45, 2.75) is 17.9 Å². The molecule has 4 nitrogen and oxygen atoms in total. The lowest BCUT2D eigenvalue weighted by atomic mass is 10.0. The SMILES string of the molecule is C[C@H]1Oc2c(F)cc(-c3cccc([S+](C)[O-])c3)cc2NC1=O. The van der Waals surface area contributed by atoms with Gasteiger partial charge in [-0.1, -0.05) is 12.1 Å². The summed E-state index contributed by atoms with van der Waals surface area (Å²) in [5, 5.41) is 2.63. The molecule has 1 amide bonds. The highest BCUT2D eigenvalue weighted by Gasteiger charge is 2.27. The molecule has 22 heavy (non-hydrogen) atoms. The number of anilines is 1. The molecule has 114 valence electrons. The van der Waals surface area contributed by atoms with Crippen LogP contribution in [0, 0.1) is 5.82 Å². The number of carbonyl (C=O) groups is 1. The number of hydrogen-bond acceptors (Lipinski definition) is 3. The van der Waals surface area contributed by atoms with E-state index in [1.165, 1.54) is 6.07 Å². The number of carbonyl (C=O) groups excluding carboxylic acids is 1. The zero-order valence-electron chi connectivity index (χ0n) is 12.1. The first-order chi connectivity index (χ1) is 10.5. The molecule has 0 radical (unpaired) electrons. The zero-order chi connectivity index (χ0) is 15.9. The van der Waals surface area contributed by atoms with E-state index in [2.05, 4.69) is 5.32 Å². The molecule has 3 rings (SSSR count). The van der Waals surface area contributed by atoms with Crippen LogP contribution in [-0.2, 0) is 16.0 Å². The number of benzene rings is 2. The van der Waals surface area contributed by atoms with Gasteiger partial charge in [-0.2, -0.15) is 0 Å². The van der Waals surface area contributed by atoms with Crippen LogP contribution in [-0.4, -0.2) is 22.8 Å². The second-order valence-corrected chi connectivity index (χ2v) is 6.45. The lowest BCUT2D eigenvalue weighted by Gasteiger charge is -2.24. The van der Waals surface area contributed by atoms with Gasteiger partial charge in [-0.15, -0.1) is 0 Å². The van der Waals surface area contributed by atoms with Gasteiger partial charge in [0.05, 0.1) is 5.69 Å². The molecule has 0 saturated carbocycles. The molecular formula is C16H14FNO3S. The summed E-state index contributed by atoms with van der Waals surface area (Å²) in [4.78, 5) is 12.3. The number of fused-ring (bicyclic) bond motifs is 1. The van der Waals surface area contributed by atoms with E-state index < -0.39 is 23.1 Å². The number of rotatable bonds is 2. The molecule has 2 aromatic rings. The molecule has 2 aromatic carbocycles. The summed E-state index contributed by atoms with van der Waals surface area (Å²) in [7, 11) is 0. The van der Waals surface area contributed by atoms with E-state index >= 15 is 0 Å². The van der Waals surface area contributed by atoms with Gasteiger partial charge in [-0.25, -0.2) is 4.39 Å². The molecule has 0 fully saturated rings. The maximum Gasteiger partial charge on any atom is 0.265 e. The number of halogens is 1. The minimum absolute atomic E-state index is 0.0473. The fourth-order valence-corrected chi connectivity index (χ4v) is 2.85. The van der Waals surface area contributed by atoms with Crippen LogP contribution in [0.1, 0.15) is 6.92 Å². The Kier molecular flexibility index (Phi) is 3.80. The molecule has 1 N–H and O–H groups in total. The highest BCUT2D eigenvalue weighted by atomic mass is 32.2. The molecule has 6 heteroatoms. The molecule has 1 heterocycles. The Hall–Kier alpha value is -2.05. The monoisotopic (exact) mass is 319 g/mol. The molecule has 0 spiro atoms. The summed E-state index contributed by atoms with van der Waals surface area (Å²) in [6.07, 6.45) is 0.862. The minimum Gasteiger partial charge on any atom is -0.612 e. The van der Waals surface area contributed by atoms with Crippen LogP contribution in [0.4, 0.5) is 10.1 Å². The summed E-state index contributed by atoms with van der Waals surface area (Å²) >= 11 is -1.12. The molecule has 0 bridgehead atoms. The standard InChI is InChI=1S/C16H14FNO3S/c1-9-16(19)18-14-8-11(7-13(17)15(14)21-9)10-4-3-5-12(6-10)22(2)20/h3-9H,1-2H3,(H,18,19)/t9-,22?/m1/s1. The third-order valence-corrected chi connectivity index (χ3v) is 4.38. The Balaban J connectivity index is 2.06. The molecule has 0 aliphatic carbocycles. The summed E-state index contributed by atoms with van der Waals surface area (Å²) in [6, 6.07) is 10.1. The van der Waals surface area contributed by atoms with Crippen molar-refractivity contribution in [3.05, 3.63) is 42.2 Å². The van der Waals surface area contributed by atoms with Gasteiger partial charge in [0.15, 0.2) is 22.6 Å². The van der Waals surface area contributed by atoms with Crippen molar-refractivity contribution < 1.29 is 18.5 Å². The first kappa shape index (κ1) is 14.9. The van der Waals surface area contributed by atoms with E-state index in [4.69, 9.17) is 4.74 Å². The van der Waals surface area contributed by atoms with E-state index in [1.54, 1.807) is 43.5 Å². The van der Waals surface area contributed by atoms with Crippen molar-refractivity contribution in [3.63, 3.8) is 0 Å². The fraction of sp³-hybridized carbons (Fsp3) is 0.188. The molecular weight excluding hydrogens is 305 g/mol. The van der Waals surface area contributed by atoms with Gasteiger partial charge in [0.1, 0.15) is 6.26 Å². The van der Waals surface area contributed by atoms with Crippen molar-refractivity contribution in [3.8, 4) is 16.9 Å². The number of nitrogens with one attached hydrogen (secondary N) is 1. The normalized spacial score (nSPS) is 18.2. The van der Waals surface area contributed by atoms with Crippen molar-refractivity contribution in [1.82, 2.24) is 0 Å². The van der Waals surface area contributed by atoms with Gasteiger partial charge in [-0.05, 0) is 47.4 Å². The summed E-state index contributed by atoms with van der Waals surface area (Å²) in [5.74, 6) is -0.805. The van der Waals surface area contributed by atoms with Crippen LogP contribution >= 0.6 is 0 Å². The van der Waals surface area contributed by atoms with E-state index in [9.17, 15) is 13.7 Å². The van der Waals surface area contributed by atoms with E-state index in [-0.39, 0.29) is 11.7 Å². The Morgan fingerprint density at radius 2 is 2.05 bits per heavy atom. The maximum absolute atomic E-state index is 14.2. The Labute approximate surface area is 130 Å². The summed E-state index contributed by atoms with van der Waals surface area (Å²) in [5.41, 5.74) is 1.62. The Morgan fingerprint density at radius 3 is 2.77 bits per heavy atom. The highest BCUT2D eigenvalue weighted by Crippen LogP contribution is 2.37. The van der Waals surface area contributed by atoms with Gasteiger partial charge >= 0.3 is 0 Å². The third-order valence-electron chi connectivity index (χ3n) is 3.46. The predicted molar refractivity (Wildman–Crippen MR) is 82.9 cm³/mol. The quantitative estimate of drug-likeness (QED) is 0.866. The van der Waals surface area contributed by atoms with Crippen molar-refractivity contribution >= 4 is 22.8 Å². The van der Waals surface area contributed by atoms with E-state index in [0.717, 1.165) is 5.56 Å². The Bertz CT molecular complexity index is 748. The first-order valence-corrected chi connectivity index (χ1v) is 8.26. The average Bonchev–Trinajstić information content (AvgIpc) is 2.49. The molecule has 2 atom stereocenters. The van der Waals surface area contributed by atoms with E-state index in [1.807, 2.05) is 0 Å². The van der Waals surface area contributed by atoms with Crippen molar-refractivity contribution in [2.24, 2.45) is 0 Å². The third kappa shape index (κ3) is 2.67. The van der Waals surface area contributed by atoms with Crippen molar-refractivity contribution in [2.75, 3.05) is 11.6 Å². The number of ether oxygens (including phenoxy) is 1. The maximum atomic E-state index is 14.2. The average molecular weight is 319 g/mol. The lowest BCUT2D eigenvalue weighted by molar-refractivity contribution is -0.122. The lowest BCUT2D eigenvalue weighted by Crippen LogP contribution is -2.34. The number of amides is 1. The molecule has 1 aliphatic rings. The smallest absolute Gasteiger partial charge is 0.265 e. The molecule has 1 unspecified atom stereocenters. The Morgan fingerprint density at radius 1 is 1.27 bits per heavy atom. The summed E-state index contributed by atoms with van der Waals surface area (Å²) < 4.78 is 31.1.